The zero-order valence-corrected chi connectivity index (χ0v) is 8.67. The van der Waals surface area contributed by atoms with Gasteiger partial charge in [0.15, 0.2) is 0 Å². The summed E-state index contributed by atoms with van der Waals surface area (Å²) >= 11 is 0. The van der Waals surface area contributed by atoms with E-state index in [9.17, 15) is 0 Å². The molecule has 2 heteroatoms. The van der Waals surface area contributed by atoms with Crippen molar-refractivity contribution in [1.29, 1.82) is 0 Å². The van der Waals surface area contributed by atoms with Gasteiger partial charge in [-0.2, -0.15) is 0 Å². The Morgan fingerprint density at radius 3 is 2.29 bits per heavy atom. The van der Waals surface area contributed by atoms with Crippen molar-refractivity contribution >= 4 is 5.69 Å². The van der Waals surface area contributed by atoms with E-state index in [0.717, 1.165) is 16.8 Å². The van der Waals surface area contributed by atoms with Crippen LogP contribution in [0.15, 0.2) is 53.9 Å². The van der Waals surface area contributed by atoms with Crippen LogP contribution >= 0.6 is 0 Å². The molecule has 1 aromatic rings. The van der Waals surface area contributed by atoms with Crippen LogP contribution in [0.25, 0.3) is 0 Å². The molecule has 0 atom stereocenters. The molecule has 1 rings (SSSR count). The number of rotatable bonds is 3. The Bertz CT molecular complexity index is 350. The lowest BCUT2D eigenvalue weighted by molar-refractivity contribution is 1.20. The maximum absolute atomic E-state index is 5.86. The van der Waals surface area contributed by atoms with E-state index in [2.05, 4.69) is 11.9 Å². The summed E-state index contributed by atoms with van der Waals surface area (Å²) in [5.74, 6) is 0.656. The summed E-state index contributed by atoms with van der Waals surface area (Å²) in [4.78, 5) is 0. The molecule has 0 heterocycles. The minimum atomic E-state index is 0.656. The second-order valence-electron chi connectivity index (χ2n) is 3.31. The molecule has 0 unspecified atom stereocenters. The Kier molecular flexibility index (Phi) is 3.35. The normalized spacial score (nSPS) is 11.9. The Labute approximate surface area is 85.1 Å². The molecule has 0 radical (unpaired) electrons. The molecule has 0 bridgehead atoms. The fraction of sp³-hybridized carbons (Fsp3) is 0.167. The summed E-state index contributed by atoms with van der Waals surface area (Å²) in [6.07, 6.45) is 0. The van der Waals surface area contributed by atoms with E-state index in [1.54, 1.807) is 0 Å². The zero-order chi connectivity index (χ0) is 10.6. The third kappa shape index (κ3) is 2.66. The van der Waals surface area contributed by atoms with E-state index in [0.29, 0.717) is 5.82 Å². The van der Waals surface area contributed by atoms with Gasteiger partial charge in [0.2, 0.25) is 0 Å². The number of hydrogen-bond acceptors (Lipinski definition) is 2. The Hall–Kier alpha value is -1.70. The summed E-state index contributed by atoms with van der Waals surface area (Å²) in [7, 11) is 0. The number of hydrogen-bond donors (Lipinski definition) is 2. The highest BCUT2D eigenvalue weighted by Crippen LogP contribution is 2.12. The molecule has 0 saturated carbocycles. The van der Waals surface area contributed by atoms with Crippen molar-refractivity contribution in [3.63, 3.8) is 0 Å². The van der Waals surface area contributed by atoms with Gasteiger partial charge in [0.25, 0.3) is 0 Å². The molecular weight excluding hydrogens is 172 g/mol. The first-order valence-electron chi connectivity index (χ1n) is 4.55. The monoisotopic (exact) mass is 188 g/mol. The topological polar surface area (TPSA) is 38.0 Å². The number of allylic oxidation sites excluding steroid dienone is 2. The number of anilines is 1. The highest BCUT2D eigenvalue weighted by molar-refractivity contribution is 5.49. The van der Waals surface area contributed by atoms with Crippen molar-refractivity contribution < 1.29 is 0 Å². The van der Waals surface area contributed by atoms with Gasteiger partial charge in [0.1, 0.15) is 5.82 Å². The Morgan fingerprint density at radius 1 is 1.21 bits per heavy atom. The van der Waals surface area contributed by atoms with E-state index in [-0.39, 0.29) is 0 Å². The van der Waals surface area contributed by atoms with E-state index in [1.807, 2.05) is 44.2 Å². The Balaban J connectivity index is 2.80. The molecule has 3 N–H and O–H groups in total. The first-order chi connectivity index (χ1) is 6.61. The summed E-state index contributed by atoms with van der Waals surface area (Å²) < 4.78 is 0. The number of para-hydroxylation sites is 1. The lowest BCUT2D eigenvalue weighted by Crippen LogP contribution is -2.11. The highest BCUT2D eigenvalue weighted by atomic mass is 15.0. The molecule has 0 amide bonds. The maximum Gasteiger partial charge on any atom is 0.104 e. The van der Waals surface area contributed by atoms with Gasteiger partial charge in [-0.1, -0.05) is 30.4 Å². The molecule has 74 valence electrons. The first-order valence-corrected chi connectivity index (χ1v) is 4.55. The summed E-state index contributed by atoms with van der Waals surface area (Å²) in [5.41, 5.74) is 8.82. The molecule has 14 heavy (non-hydrogen) atoms. The van der Waals surface area contributed by atoms with Crippen molar-refractivity contribution in [3.8, 4) is 0 Å². The van der Waals surface area contributed by atoms with E-state index < -0.39 is 0 Å². The molecule has 0 saturated heterocycles. The Morgan fingerprint density at radius 2 is 1.79 bits per heavy atom. The van der Waals surface area contributed by atoms with Crippen molar-refractivity contribution in [1.82, 2.24) is 0 Å². The highest BCUT2D eigenvalue weighted by Gasteiger charge is 1.98. The fourth-order valence-corrected chi connectivity index (χ4v) is 1.00. The predicted molar refractivity (Wildman–Crippen MR) is 61.8 cm³/mol. The maximum atomic E-state index is 5.86. The third-order valence-corrected chi connectivity index (χ3v) is 2.10. The van der Waals surface area contributed by atoms with Gasteiger partial charge < -0.3 is 11.1 Å². The van der Waals surface area contributed by atoms with Gasteiger partial charge in [0.05, 0.1) is 0 Å². The lowest BCUT2D eigenvalue weighted by atomic mass is 10.1. The van der Waals surface area contributed by atoms with Crippen LogP contribution in [0.1, 0.15) is 13.8 Å². The van der Waals surface area contributed by atoms with E-state index in [4.69, 9.17) is 5.73 Å². The van der Waals surface area contributed by atoms with Crippen molar-refractivity contribution in [2.75, 3.05) is 5.32 Å². The zero-order valence-electron chi connectivity index (χ0n) is 8.67. The molecule has 0 spiro atoms. The van der Waals surface area contributed by atoms with Crippen LogP contribution in [-0.2, 0) is 0 Å². The molecule has 2 nitrogen and oxygen atoms in total. The van der Waals surface area contributed by atoms with Gasteiger partial charge in [-0.15, -0.1) is 0 Å². The van der Waals surface area contributed by atoms with Crippen LogP contribution < -0.4 is 11.1 Å². The molecule has 1 aromatic carbocycles. The molecule has 0 aliphatic carbocycles. The van der Waals surface area contributed by atoms with Gasteiger partial charge in [-0.25, -0.2) is 0 Å². The second kappa shape index (κ2) is 4.51. The molecular formula is C12H16N2. The smallest absolute Gasteiger partial charge is 0.104 e. The average Bonchev–Trinajstić information content (AvgIpc) is 2.18. The van der Waals surface area contributed by atoms with Crippen LogP contribution in [0.5, 0.6) is 0 Å². The average molecular weight is 188 g/mol. The van der Waals surface area contributed by atoms with Crippen molar-refractivity contribution in [2.24, 2.45) is 5.73 Å². The van der Waals surface area contributed by atoms with Crippen LogP contribution in [0.3, 0.4) is 0 Å². The van der Waals surface area contributed by atoms with E-state index >= 15 is 0 Å². The largest absolute Gasteiger partial charge is 0.385 e. The molecule has 0 aliphatic heterocycles. The molecule has 0 aliphatic rings. The second-order valence-corrected chi connectivity index (χ2v) is 3.31. The first kappa shape index (κ1) is 10.4. The number of benzene rings is 1. The van der Waals surface area contributed by atoms with Gasteiger partial charge in [0, 0.05) is 5.69 Å². The summed E-state index contributed by atoms with van der Waals surface area (Å²) in [6.45, 7) is 7.73. The van der Waals surface area contributed by atoms with Gasteiger partial charge in [-0.05, 0) is 31.6 Å². The minimum Gasteiger partial charge on any atom is -0.385 e. The van der Waals surface area contributed by atoms with Crippen LogP contribution in [0, 0.1) is 0 Å². The minimum absolute atomic E-state index is 0.656. The fourth-order valence-electron chi connectivity index (χ4n) is 1.00. The number of nitrogens with one attached hydrogen (secondary N) is 1. The van der Waals surface area contributed by atoms with Crippen molar-refractivity contribution in [2.45, 2.75) is 13.8 Å². The van der Waals surface area contributed by atoms with Crippen LogP contribution in [-0.4, -0.2) is 0 Å². The predicted octanol–water partition coefficient (Wildman–Crippen LogP) is 2.86. The summed E-state index contributed by atoms with van der Waals surface area (Å²) in [6, 6.07) is 9.84. The SMILES string of the molecule is C=C(C)/C(C)=C(/N)Nc1ccccc1. The lowest BCUT2D eigenvalue weighted by Gasteiger charge is -2.10. The van der Waals surface area contributed by atoms with Crippen LogP contribution in [0.2, 0.25) is 0 Å². The number of nitrogens with two attached hydrogens (primary N) is 1. The van der Waals surface area contributed by atoms with E-state index in [1.165, 1.54) is 0 Å². The third-order valence-electron chi connectivity index (χ3n) is 2.10. The van der Waals surface area contributed by atoms with Crippen LogP contribution in [0.4, 0.5) is 5.69 Å². The van der Waals surface area contributed by atoms with Gasteiger partial charge >= 0.3 is 0 Å². The van der Waals surface area contributed by atoms with Gasteiger partial charge in [-0.3, -0.25) is 0 Å². The van der Waals surface area contributed by atoms with Crippen molar-refractivity contribution in [3.05, 3.63) is 53.9 Å². The summed E-state index contributed by atoms with van der Waals surface area (Å²) in [5, 5.41) is 3.12. The quantitative estimate of drug-likeness (QED) is 0.716. The standard InChI is InChI=1S/C12H16N2/c1-9(2)10(3)12(13)14-11-7-5-4-6-8-11/h4-8,14H,1,13H2,2-3H3/b12-10-. The molecule has 0 aromatic heterocycles. The molecule has 0 fully saturated rings.